The molecule has 0 spiro atoms. The molecule has 2 aromatic rings. The lowest BCUT2D eigenvalue weighted by Gasteiger charge is -2.17. The molecule has 0 unspecified atom stereocenters. The van der Waals surface area contributed by atoms with Crippen molar-refractivity contribution in [3.63, 3.8) is 0 Å². The van der Waals surface area contributed by atoms with E-state index in [-0.39, 0.29) is 11.3 Å². The van der Waals surface area contributed by atoms with E-state index in [1.54, 1.807) is 43.3 Å². The molecule has 0 aliphatic carbocycles. The van der Waals surface area contributed by atoms with Gasteiger partial charge in [-0.2, -0.15) is 0 Å². The van der Waals surface area contributed by atoms with Crippen LogP contribution in [0.4, 0.5) is 27.5 Å². The van der Waals surface area contributed by atoms with Gasteiger partial charge in [0.15, 0.2) is 0 Å². The number of urea groups is 1. The van der Waals surface area contributed by atoms with Crippen molar-refractivity contribution in [3.8, 4) is 0 Å². The summed E-state index contributed by atoms with van der Waals surface area (Å²) < 4.78 is 0. The van der Waals surface area contributed by atoms with Crippen LogP contribution in [0.1, 0.15) is 10.4 Å². The molecule has 9 nitrogen and oxygen atoms in total. The zero-order valence-corrected chi connectivity index (χ0v) is 13.6. The zero-order valence-electron chi connectivity index (χ0n) is 13.6. The molecule has 0 fully saturated rings. The van der Waals surface area contributed by atoms with Gasteiger partial charge in [0.05, 0.1) is 10.5 Å². The molecule has 0 aliphatic heterocycles. The summed E-state index contributed by atoms with van der Waals surface area (Å²) in [5, 5.41) is 16.0. The van der Waals surface area contributed by atoms with Crippen LogP contribution < -0.4 is 21.3 Å². The first-order valence-corrected chi connectivity index (χ1v) is 7.21. The number of nitrogens with two attached hydrogens (primary N) is 1. The van der Waals surface area contributed by atoms with Crippen molar-refractivity contribution in [2.45, 2.75) is 0 Å². The Hall–Kier alpha value is -3.62. The van der Waals surface area contributed by atoms with Crippen LogP contribution in [0.3, 0.4) is 0 Å². The van der Waals surface area contributed by atoms with E-state index in [2.05, 4.69) is 10.6 Å². The number of hydrogen-bond donors (Lipinski definition) is 3. The molecule has 0 radical (unpaired) electrons. The largest absolute Gasteiger partial charge is 0.377 e. The second-order valence-corrected chi connectivity index (χ2v) is 5.37. The predicted octanol–water partition coefficient (Wildman–Crippen LogP) is 2.40. The number of benzene rings is 2. The number of carbonyl (C=O) groups excluding carboxylic acids is 2. The fourth-order valence-corrected chi connectivity index (χ4v) is 2.19. The van der Waals surface area contributed by atoms with Crippen molar-refractivity contribution >= 4 is 34.7 Å². The van der Waals surface area contributed by atoms with Gasteiger partial charge in [0.1, 0.15) is 0 Å². The predicted molar refractivity (Wildman–Crippen MR) is 95.0 cm³/mol. The third-order valence-electron chi connectivity index (χ3n) is 3.33. The fourth-order valence-electron chi connectivity index (χ4n) is 2.19. The highest BCUT2D eigenvalue weighted by Gasteiger charge is 2.18. The number of non-ortho nitro benzene ring substituents is 1. The maximum Gasteiger partial charge on any atom is 0.316 e. The fraction of sp³-hybridized carbons (Fsp3) is 0.125. The summed E-state index contributed by atoms with van der Waals surface area (Å²) in [4.78, 5) is 35.4. The quantitative estimate of drug-likeness (QED) is 0.567. The highest BCUT2D eigenvalue weighted by Crippen LogP contribution is 2.25. The van der Waals surface area contributed by atoms with E-state index in [0.717, 1.165) is 0 Å². The van der Waals surface area contributed by atoms with Crippen LogP contribution in [0.25, 0.3) is 0 Å². The molecule has 0 heterocycles. The number of nitro groups is 1. The van der Waals surface area contributed by atoms with Crippen LogP contribution in [0.2, 0.25) is 0 Å². The van der Waals surface area contributed by atoms with Gasteiger partial charge in [0.25, 0.3) is 11.6 Å². The maximum absolute atomic E-state index is 12.5. The Morgan fingerprint density at radius 1 is 1.04 bits per heavy atom. The lowest BCUT2D eigenvalue weighted by molar-refractivity contribution is -0.384. The number of nitrogens with zero attached hydrogens (tertiary/aromatic N) is 2. The van der Waals surface area contributed by atoms with Gasteiger partial charge < -0.3 is 21.3 Å². The molecular formula is C16H17N5O4. The average molecular weight is 343 g/mol. The van der Waals surface area contributed by atoms with E-state index < -0.39 is 16.9 Å². The summed E-state index contributed by atoms with van der Waals surface area (Å²) in [6.45, 7) is 0. The number of rotatable bonds is 5. The summed E-state index contributed by atoms with van der Waals surface area (Å²) in [6, 6.07) is 9.70. The number of amides is 3. The highest BCUT2D eigenvalue weighted by molar-refractivity contribution is 6.08. The van der Waals surface area contributed by atoms with Gasteiger partial charge in [-0.1, -0.05) is 0 Å². The average Bonchev–Trinajstić information content (AvgIpc) is 2.55. The molecule has 0 bridgehead atoms. The van der Waals surface area contributed by atoms with Crippen LogP contribution in [0.15, 0.2) is 42.5 Å². The van der Waals surface area contributed by atoms with E-state index in [1.165, 1.54) is 18.2 Å². The van der Waals surface area contributed by atoms with Crippen molar-refractivity contribution < 1.29 is 14.5 Å². The second kappa shape index (κ2) is 7.30. The van der Waals surface area contributed by atoms with E-state index in [4.69, 9.17) is 5.73 Å². The van der Waals surface area contributed by atoms with Crippen LogP contribution in [-0.2, 0) is 0 Å². The number of anilines is 3. The van der Waals surface area contributed by atoms with Crippen LogP contribution >= 0.6 is 0 Å². The Morgan fingerprint density at radius 3 is 2.08 bits per heavy atom. The lowest BCUT2D eigenvalue weighted by atomic mass is 10.1. The number of hydrogen-bond acceptors (Lipinski definition) is 5. The van der Waals surface area contributed by atoms with Crippen molar-refractivity contribution in [2.75, 3.05) is 29.6 Å². The second-order valence-electron chi connectivity index (χ2n) is 5.37. The molecule has 0 atom stereocenters. The van der Waals surface area contributed by atoms with E-state index in [0.29, 0.717) is 17.1 Å². The first-order chi connectivity index (χ1) is 11.8. The minimum Gasteiger partial charge on any atom is -0.377 e. The number of nitrogens with one attached hydrogen (secondary N) is 2. The SMILES string of the molecule is CN(C)c1ccc([N+](=O)[O-])cc1C(=O)Nc1ccc(NC(N)=O)cc1. The lowest BCUT2D eigenvalue weighted by Crippen LogP contribution is -2.20. The Bertz CT molecular complexity index is 818. The zero-order chi connectivity index (χ0) is 18.6. The monoisotopic (exact) mass is 343 g/mol. The Kier molecular flexibility index (Phi) is 5.18. The van der Waals surface area contributed by atoms with E-state index in [1.807, 2.05) is 0 Å². The van der Waals surface area contributed by atoms with Gasteiger partial charge in [0, 0.05) is 43.3 Å². The third-order valence-corrected chi connectivity index (χ3v) is 3.33. The Morgan fingerprint density at radius 2 is 1.60 bits per heavy atom. The van der Waals surface area contributed by atoms with Gasteiger partial charge in [-0.15, -0.1) is 0 Å². The Labute approximate surface area is 143 Å². The summed E-state index contributed by atoms with van der Waals surface area (Å²) in [7, 11) is 3.48. The summed E-state index contributed by atoms with van der Waals surface area (Å²) in [5.41, 5.74) is 6.53. The molecule has 0 aliphatic rings. The molecular weight excluding hydrogens is 326 g/mol. The van der Waals surface area contributed by atoms with Crippen molar-refractivity contribution in [1.29, 1.82) is 0 Å². The molecule has 3 amide bonds. The molecule has 130 valence electrons. The van der Waals surface area contributed by atoms with Crippen LogP contribution in [0, 0.1) is 10.1 Å². The van der Waals surface area contributed by atoms with Gasteiger partial charge in [-0.25, -0.2) is 4.79 Å². The van der Waals surface area contributed by atoms with Crippen molar-refractivity contribution in [1.82, 2.24) is 0 Å². The first-order valence-electron chi connectivity index (χ1n) is 7.21. The molecule has 0 saturated carbocycles. The topological polar surface area (TPSA) is 131 Å². The molecule has 2 rings (SSSR count). The third kappa shape index (κ3) is 4.44. The smallest absolute Gasteiger partial charge is 0.316 e. The highest BCUT2D eigenvalue weighted by atomic mass is 16.6. The summed E-state index contributed by atoms with van der Waals surface area (Å²) in [6.07, 6.45) is 0. The van der Waals surface area contributed by atoms with Gasteiger partial charge in [-0.05, 0) is 30.3 Å². The standard InChI is InChI=1S/C16H17N5O4/c1-20(2)14-8-7-12(21(24)25)9-13(14)15(22)18-10-3-5-11(6-4-10)19-16(17)23/h3-9H,1-2H3,(H,18,22)(H3,17,19,23). The molecule has 25 heavy (non-hydrogen) atoms. The normalized spacial score (nSPS) is 10.0. The van der Waals surface area contributed by atoms with Crippen LogP contribution in [0.5, 0.6) is 0 Å². The van der Waals surface area contributed by atoms with Crippen molar-refractivity contribution in [2.24, 2.45) is 5.73 Å². The molecule has 2 aromatic carbocycles. The minimum absolute atomic E-state index is 0.170. The van der Waals surface area contributed by atoms with Gasteiger partial charge in [0.2, 0.25) is 0 Å². The maximum atomic E-state index is 12.5. The first kappa shape index (κ1) is 17.7. The Balaban J connectivity index is 2.26. The molecule has 0 aromatic heterocycles. The van der Waals surface area contributed by atoms with Crippen LogP contribution in [-0.4, -0.2) is 31.0 Å². The molecule has 9 heteroatoms. The van der Waals surface area contributed by atoms with E-state index in [9.17, 15) is 19.7 Å². The number of carbonyl (C=O) groups is 2. The summed E-state index contributed by atoms with van der Waals surface area (Å²) >= 11 is 0. The number of primary amides is 1. The summed E-state index contributed by atoms with van der Waals surface area (Å²) in [5.74, 6) is -0.483. The number of nitro benzene ring substituents is 1. The van der Waals surface area contributed by atoms with Gasteiger partial charge in [-0.3, -0.25) is 14.9 Å². The van der Waals surface area contributed by atoms with Crippen molar-refractivity contribution in [3.05, 3.63) is 58.1 Å². The minimum atomic E-state index is -0.691. The molecule has 0 saturated heterocycles. The van der Waals surface area contributed by atoms with E-state index >= 15 is 0 Å². The van der Waals surface area contributed by atoms with Gasteiger partial charge >= 0.3 is 6.03 Å². The molecule has 4 N–H and O–H groups in total.